The lowest BCUT2D eigenvalue weighted by Gasteiger charge is -2.14. The van der Waals surface area contributed by atoms with Crippen molar-refractivity contribution < 1.29 is 9.53 Å². The summed E-state index contributed by atoms with van der Waals surface area (Å²) < 4.78 is 5.97. The Morgan fingerprint density at radius 2 is 1.84 bits per heavy atom. The van der Waals surface area contributed by atoms with Crippen molar-refractivity contribution >= 4 is 11.6 Å². The molecule has 0 spiro atoms. The Balaban J connectivity index is 2.07. The van der Waals surface area contributed by atoms with Gasteiger partial charge >= 0.3 is 0 Å². The average Bonchev–Trinajstić information content (AvgIpc) is 2.54. The van der Waals surface area contributed by atoms with Crippen LogP contribution in [0.25, 0.3) is 0 Å². The predicted octanol–water partition coefficient (Wildman–Crippen LogP) is 4.12. The molecule has 0 atom stereocenters. The number of hydrogen-bond donors (Lipinski definition) is 2. The summed E-state index contributed by atoms with van der Waals surface area (Å²) in [5.74, 6) is 0.521. The highest BCUT2D eigenvalue weighted by molar-refractivity contribution is 5.74. The lowest BCUT2D eigenvalue weighted by molar-refractivity contribution is -0.117. The summed E-state index contributed by atoms with van der Waals surface area (Å²) in [6.07, 6.45) is 2.36. The molecule has 0 aliphatic rings. The van der Waals surface area contributed by atoms with Crippen LogP contribution in [0.2, 0.25) is 0 Å². The summed E-state index contributed by atoms with van der Waals surface area (Å²) in [6.45, 7) is 7.41. The first-order valence-electron chi connectivity index (χ1n) is 8.83. The molecule has 2 rings (SSSR count). The Morgan fingerprint density at radius 1 is 1.12 bits per heavy atom. The number of primary amides is 1. The van der Waals surface area contributed by atoms with Crippen molar-refractivity contribution in [2.45, 2.75) is 46.6 Å². The summed E-state index contributed by atoms with van der Waals surface area (Å²) in [5, 5.41) is 3.31. The monoisotopic (exact) mass is 340 g/mol. The second-order valence-corrected chi connectivity index (χ2v) is 6.50. The predicted molar refractivity (Wildman–Crippen MR) is 103 cm³/mol. The molecular formula is C21H28N2O2. The van der Waals surface area contributed by atoms with Crippen molar-refractivity contribution in [1.82, 2.24) is 0 Å². The second-order valence-electron chi connectivity index (χ2n) is 6.50. The third-order valence-corrected chi connectivity index (χ3v) is 3.97. The van der Waals surface area contributed by atoms with E-state index in [-0.39, 0.29) is 5.91 Å². The van der Waals surface area contributed by atoms with Gasteiger partial charge in [0.05, 0.1) is 0 Å². The molecule has 4 heteroatoms. The van der Waals surface area contributed by atoms with Crippen LogP contribution in [0.3, 0.4) is 0 Å². The number of carbonyl (C=O) groups is 1. The largest absolute Gasteiger partial charge is 0.489 e. The standard InChI is InChI=1S/C21H28N2O2/c1-4-5-18-6-7-19(13-20(18)23-9-8-21(22)24)25-14-17-11-15(2)10-16(3)12-17/h6-7,10-13,23H,4-5,8-9,14H2,1-3H3,(H2,22,24). The van der Waals surface area contributed by atoms with Gasteiger partial charge < -0.3 is 15.8 Å². The van der Waals surface area contributed by atoms with Gasteiger partial charge in [0, 0.05) is 24.7 Å². The topological polar surface area (TPSA) is 64.3 Å². The number of nitrogens with two attached hydrogens (primary N) is 1. The Kier molecular flexibility index (Phi) is 6.87. The molecule has 0 saturated carbocycles. The molecule has 0 aliphatic carbocycles. The van der Waals surface area contributed by atoms with E-state index in [1.807, 2.05) is 12.1 Å². The van der Waals surface area contributed by atoms with E-state index in [1.165, 1.54) is 22.3 Å². The van der Waals surface area contributed by atoms with Crippen LogP contribution in [-0.4, -0.2) is 12.5 Å². The first kappa shape index (κ1) is 18.8. The van der Waals surface area contributed by atoms with E-state index in [2.05, 4.69) is 50.4 Å². The smallest absolute Gasteiger partial charge is 0.219 e. The maximum absolute atomic E-state index is 10.9. The summed E-state index contributed by atoms with van der Waals surface area (Å²) in [4.78, 5) is 10.9. The number of hydrogen-bond acceptors (Lipinski definition) is 3. The Morgan fingerprint density at radius 3 is 2.48 bits per heavy atom. The van der Waals surface area contributed by atoms with E-state index in [0.717, 1.165) is 24.3 Å². The average molecular weight is 340 g/mol. The molecule has 2 aromatic carbocycles. The van der Waals surface area contributed by atoms with Crippen LogP contribution in [0.1, 0.15) is 42.0 Å². The molecule has 0 heterocycles. The summed E-state index contributed by atoms with van der Waals surface area (Å²) >= 11 is 0. The molecule has 4 nitrogen and oxygen atoms in total. The van der Waals surface area contributed by atoms with Crippen LogP contribution in [0.5, 0.6) is 5.75 Å². The lowest BCUT2D eigenvalue weighted by atomic mass is 10.1. The third-order valence-electron chi connectivity index (χ3n) is 3.97. The number of benzene rings is 2. The maximum atomic E-state index is 10.9. The summed E-state index contributed by atoms with van der Waals surface area (Å²) in [5.41, 5.74) is 11.1. The Hall–Kier alpha value is -2.49. The van der Waals surface area contributed by atoms with Gasteiger partial charge in [-0.25, -0.2) is 0 Å². The van der Waals surface area contributed by atoms with Crippen LogP contribution in [0, 0.1) is 13.8 Å². The number of aryl methyl sites for hydroxylation is 3. The van der Waals surface area contributed by atoms with Gasteiger partial charge in [0.1, 0.15) is 12.4 Å². The third kappa shape index (κ3) is 6.14. The van der Waals surface area contributed by atoms with Crippen LogP contribution in [-0.2, 0) is 17.8 Å². The number of nitrogens with one attached hydrogen (secondary N) is 1. The van der Waals surface area contributed by atoms with Gasteiger partial charge in [0.2, 0.25) is 5.91 Å². The van der Waals surface area contributed by atoms with Crippen molar-refractivity contribution in [2.75, 3.05) is 11.9 Å². The number of ether oxygens (including phenoxy) is 1. The van der Waals surface area contributed by atoms with Gasteiger partial charge in [-0.3, -0.25) is 4.79 Å². The van der Waals surface area contributed by atoms with Gasteiger partial charge in [0.15, 0.2) is 0 Å². The van der Waals surface area contributed by atoms with E-state index >= 15 is 0 Å². The van der Waals surface area contributed by atoms with Crippen molar-refractivity contribution in [3.8, 4) is 5.75 Å². The first-order chi connectivity index (χ1) is 12.0. The maximum Gasteiger partial charge on any atom is 0.219 e. The Labute approximate surface area is 150 Å². The molecule has 0 saturated heterocycles. The zero-order valence-electron chi connectivity index (χ0n) is 15.4. The summed E-state index contributed by atoms with van der Waals surface area (Å²) in [7, 11) is 0. The highest BCUT2D eigenvalue weighted by atomic mass is 16.5. The van der Waals surface area contributed by atoms with Crippen molar-refractivity contribution in [1.29, 1.82) is 0 Å². The van der Waals surface area contributed by atoms with Crippen LogP contribution < -0.4 is 15.8 Å². The minimum atomic E-state index is -0.299. The fourth-order valence-electron chi connectivity index (χ4n) is 2.94. The first-order valence-corrected chi connectivity index (χ1v) is 8.83. The van der Waals surface area contributed by atoms with Crippen molar-refractivity contribution in [2.24, 2.45) is 5.73 Å². The molecule has 0 aliphatic heterocycles. The van der Waals surface area contributed by atoms with E-state index in [1.54, 1.807) is 0 Å². The van der Waals surface area contributed by atoms with Crippen LogP contribution >= 0.6 is 0 Å². The highest BCUT2D eigenvalue weighted by Crippen LogP contribution is 2.25. The van der Waals surface area contributed by atoms with E-state index in [9.17, 15) is 4.79 Å². The lowest BCUT2D eigenvalue weighted by Crippen LogP contribution is -2.16. The number of carbonyl (C=O) groups excluding carboxylic acids is 1. The molecule has 0 fully saturated rings. The van der Waals surface area contributed by atoms with Crippen molar-refractivity contribution in [3.05, 3.63) is 58.7 Å². The minimum Gasteiger partial charge on any atom is -0.489 e. The quantitative estimate of drug-likeness (QED) is 0.721. The van der Waals surface area contributed by atoms with E-state index in [4.69, 9.17) is 10.5 Å². The normalized spacial score (nSPS) is 10.5. The zero-order chi connectivity index (χ0) is 18.2. The van der Waals surface area contributed by atoms with Gasteiger partial charge in [-0.2, -0.15) is 0 Å². The molecule has 0 unspecified atom stereocenters. The number of rotatable bonds is 9. The van der Waals surface area contributed by atoms with E-state index in [0.29, 0.717) is 19.6 Å². The minimum absolute atomic E-state index is 0.299. The Bertz CT molecular complexity index is 706. The fraction of sp³-hybridized carbons (Fsp3) is 0.381. The molecular weight excluding hydrogens is 312 g/mol. The van der Waals surface area contributed by atoms with Gasteiger partial charge in [-0.15, -0.1) is 0 Å². The molecule has 3 N–H and O–H groups in total. The van der Waals surface area contributed by atoms with Gasteiger partial charge in [-0.1, -0.05) is 48.7 Å². The molecule has 134 valence electrons. The molecule has 1 amide bonds. The van der Waals surface area contributed by atoms with Crippen LogP contribution in [0.4, 0.5) is 5.69 Å². The molecule has 2 aromatic rings. The van der Waals surface area contributed by atoms with Crippen molar-refractivity contribution in [3.63, 3.8) is 0 Å². The van der Waals surface area contributed by atoms with Gasteiger partial charge in [-0.05, 0) is 37.5 Å². The van der Waals surface area contributed by atoms with Gasteiger partial charge in [0.25, 0.3) is 0 Å². The van der Waals surface area contributed by atoms with Crippen LogP contribution in [0.15, 0.2) is 36.4 Å². The molecule has 25 heavy (non-hydrogen) atoms. The summed E-state index contributed by atoms with van der Waals surface area (Å²) in [6, 6.07) is 12.5. The second kappa shape index (κ2) is 9.11. The fourth-order valence-corrected chi connectivity index (χ4v) is 2.94. The van der Waals surface area contributed by atoms with E-state index < -0.39 is 0 Å². The molecule has 0 bridgehead atoms. The SMILES string of the molecule is CCCc1ccc(OCc2cc(C)cc(C)c2)cc1NCCC(N)=O. The highest BCUT2D eigenvalue weighted by Gasteiger charge is 2.06. The zero-order valence-corrected chi connectivity index (χ0v) is 15.4. The number of amides is 1. The molecule has 0 radical (unpaired) electrons. The molecule has 0 aromatic heterocycles. The number of anilines is 1.